The van der Waals surface area contributed by atoms with Crippen molar-refractivity contribution in [2.24, 2.45) is 5.10 Å². The lowest BCUT2D eigenvalue weighted by Crippen LogP contribution is -1.94. The second kappa shape index (κ2) is 5.43. The van der Waals surface area contributed by atoms with E-state index in [1.807, 2.05) is 42.8 Å². The maximum absolute atomic E-state index is 4.55. The largest absolute Gasteiger partial charge is 0.278 e. The van der Waals surface area contributed by atoms with Crippen molar-refractivity contribution in [1.29, 1.82) is 0 Å². The van der Waals surface area contributed by atoms with Crippen LogP contribution in [0, 0.1) is 13.8 Å². The molecule has 2 heterocycles. The van der Waals surface area contributed by atoms with Crippen LogP contribution in [0.15, 0.2) is 46.9 Å². The highest BCUT2D eigenvalue weighted by atomic mass is 32.1. The average Bonchev–Trinajstić information content (AvgIpc) is 2.92. The highest BCUT2D eigenvalue weighted by Gasteiger charge is 2.03. The van der Waals surface area contributed by atoms with Crippen LogP contribution in [0.4, 0.5) is 5.69 Å². The SMILES string of the molecule is Cc1ccc2nc(C)cc(N/N=C/c3cccs3)c2c1. The Labute approximate surface area is 122 Å². The fourth-order valence-electron chi connectivity index (χ4n) is 2.09. The van der Waals surface area contributed by atoms with Gasteiger partial charge in [-0.1, -0.05) is 17.7 Å². The Morgan fingerprint density at radius 2 is 2.10 bits per heavy atom. The molecule has 1 aromatic carbocycles. The number of aromatic nitrogens is 1. The van der Waals surface area contributed by atoms with Crippen LogP contribution >= 0.6 is 11.3 Å². The number of aryl methyl sites for hydroxylation is 2. The van der Waals surface area contributed by atoms with Crippen LogP contribution < -0.4 is 5.43 Å². The van der Waals surface area contributed by atoms with E-state index in [0.717, 1.165) is 27.2 Å². The summed E-state index contributed by atoms with van der Waals surface area (Å²) >= 11 is 1.67. The van der Waals surface area contributed by atoms with Gasteiger partial charge in [0, 0.05) is 16.0 Å². The monoisotopic (exact) mass is 281 g/mol. The first-order valence-electron chi connectivity index (χ1n) is 6.43. The fraction of sp³-hybridized carbons (Fsp3) is 0.125. The van der Waals surface area contributed by atoms with Gasteiger partial charge in [-0.05, 0) is 43.5 Å². The predicted molar refractivity (Wildman–Crippen MR) is 86.8 cm³/mol. The van der Waals surface area contributed by atoms with Crippen LogP contribution in [-0.4, -0.2) is 11.2 Å². The lowest BCUT2D eigenvalue weighted by atomic mass is 10.1. The van der Waals surface area contributed by atoms with Crippen LogP contribution in [0.1, 0.15) is 16.1 Å². The molecule has 4 heteroatoms. The molecule has 0 aliphatic heterocycles. The summed E-state index contributed by atoms with van der Waals surface area (Å²) in [5.74, 6) is 0. The second-order valence-corrected chi connectivity index (χ2v) is 5.70. The van der Waals surface area contributed by atoms with Crippen molar-refractivity contribution >= 4 is 34.1 Å². The first kappa shape index (κ1) is 12.8. The standard InChI is InChI=1S/C16H15N3S/c1-11-5-6-15-14(8-11)16(9-12(2)18-15)19-17-10-13-4-3-7-20-13/h3-10H,1-2H3,(H,18,19)/b17-10+. The molecule has 0 fully saturated rings. The van der Waals surface area contributed by atoms with Gasteiger partial charge in [-0.25, -0.2) is 0 Å². The van der Waals surface area contributed by atoms with Gasteiger partial charge in [-0.2, -0.15) is 5.10 Å². The third-order valence-electron chi connectivity index (χ3n) is 3.01. The zero-order valence-electron chi connectivity index (χ0n) is 11.4. The topological polar surface area (TPSA) is 37.3 Å². The smallest absolute Gasteiger partial charge is 0.0726 e. The van der Waals surface area contributed by atoms with E-state index in [0.29, 0.717) is 0 Å². The molecule has 0 atom stereocenters. The Morgan fingerprint density at radius 3 is 2.90 bits per heavy atom. The first-order valence-corrected chi connectivity index (χ1v) is 7.31. The van der Waals surface area contributed by atoms with Gasteiger partial charge >= 0.3 is 0 Å². The van der Waals surface area contributed by atoms with Crippen LogP contribution in [0.2, 0.25) is 0 Å². The molecule has 0 aliphatic carbocycles. The summed E-state index contributed by atoms with van der Waals surface area (Å²) in [6.45, 7) is 4.07. The zero-order chi connectivity index (χ0) is 13.9. The van der Waals surface area contributed by atoms with E-state index in [1.54, 1.807) is 11.3 Å². The minimum absolute atomic E-state index is 0.982. The Bertz CT molecular complexity index is 761. The number of anilines is 1. The normalized spacial score (nSPS) is 11.3. The lowest BCUT2D eigenvalue weighted by molar-refractivity contribution is 1.24. The molecule has 0 saturated heterocycles. The van der Waals surface area contributed by atoms with Crippen molar-refractivity contribution in [2.75, 3.05) is 5.43 Å². The molecule has 0 saturated carbocycles. The van der Waals surface area contributed by atoms with Gasteiger partial charge in [0.2, 0.25) is 0 Å². The zero-order valence-corrected chi connectivity index (χ0v) is 12.2. The number of hydrogen-bond donors (Lipinski definition) is 1. The highest BCUT2D eigenvalue weighted by Crippen LogP contribution is 2.24. The van der Waals surface area contributed by atoms with Crippen LogP contribution in [-0.2, 0) is 0 Å². The summed E-state index contributed by atoms with van der Waals surface area (Å²) < 4.78 is 0. The number of nitrogens with one attached hydrogen (secondary N) is 1. The third kappa shape index (κ3) is 2.70. The maximum atomic E-state index is 4.55. The summed E-state index contributed by atoms with van der Waals surface area (Å²) in [5, 5.41) is 7.45. The van der Waals surface area contributed by atoms with Gasteiger partial charge in [-0.3, -0.25) is 10.4 Å². The molecular formula is C16H15N3S. The lowest BCUT2D eigenvalue weighted by Gasteiger charge is -2.07. The van der Waals surface area contributed by atoms with Gasteiger partial charge in [0.25, 0.3) is 0 Å². The summed E-state index contributed by atoms with van der Waals surface area (Å²) in [7, 11) is 0. The van der Waals surface area contributed by atoms with Crippen LogP contribution in [0.3, 0.4) is 0 Å². The number of hydrazone groups is 1. The number of fused-ring (bicyclic) bond motifs is 1. The molecule has 0 bridgehead atoms. The molecule has 0 unspecified atom stereocenters. The summed E-state index contributed by atoms with van der Waals surface area (Å²) in [5.41, 5.74) is 7.31. The predicted octanol–water partition coefficient (Wildman–Crippen LogP) is 4.36. The summed E-state index contributed by atoms with van der Waals surface area (Å²) in [4.78, 5) is 5.67. The number of nitrogens with zero attached hydrogens (tertiary/aromatic N) is 2. The number of rotatable bonds is 3. The molecule has 0 amide bonds. The molecule has 3 nitrogen and oxygen atoms in total. The molecule has 2 aromatic heterocycles. The van der Waals surface area contributed by atoms with Gasteiger partial charge in [-0.15, -0.1) is 11.3 Å². The molecule has 1 N–H and O–H groups in total. The fourth-order valence-corrected chi connectivity index (χ4v) is 2.68. The summed E-state index contributed by atoms with van der Waals surface area (Å²) in [6, 6.07) is 12.3. The Hall–Kier alpha value is -2.20. The van der Waals surface area contributed by atoms with Crippen LogP contribution in [0.5, 0.6) is 0 Å². The van der Waals surface area contributed by atoms with Crippen molar-refractivity contribution in [1.82, 2.24) is 4.98 Å². The minimum atomic E-state index is 0.982. The van der Waals surface area contributed by atoms with E-state index in [1.165, 1.54) is 5.56 Å². The Morgan fingerprint density at radius 1 is 1.20 bits per heavy atom. The molecule has 100 valence electrons. The van der Waals surface area contributed by atoms with E-state index < -0.39 is 0 Å². The summed E-state index contributed by atoms with van der Waals surface area (Å²) in [6.07, 6.45) is 1.84. The molecule has 0 radical (unpaired) electrons. The van der Waals surface area contributed by atoms with Crippen molar-refractivity contribution in [3.8, 4) is 0 Å². The van der Waals surface area contributed by atoms with Crippen molar-refractivity contribution in [3.05, 3.63) is 57.9 Å². The van der Waals surface area contributed by atoms with Crippen molar-refractivity contribution in [2.45, 2.75) is 13.8 Å². The van der Waals surface area contributed by atoms with E-state index in [9.17, 15) is 0 Å². The number of benzene rings is 1. The maximum Gasteiger partial charge on any atom is 0.0726 e. The molecule has 20 heavy (non-hydrogen) atoms. The Kier molecular flexibility index (Phi) is 3.48. The third-order valence-corrected chi connectivity index (χ3v) is 3.82. The van der Waals surface area contributed by atoms with Gasteiger partial charge in [0.1, 0.15) is 0 Å². The van der Waals surface area contributed by atoms with Gasteiger partial charge in [0.15, 0.2) is 0 Å². The van der Waals surface area contributed by atoms with Gasteiger partial charge in [0.05, 0.1) is 17.4 Å². The van der Waals surface area contributed by atoms with E-state index >= 15 is 0 Å². The molecular weight excluding hydrogens is 266 g/mol. The van der Waals surface area contributed by atoms with E-state index in [2.05, 4.69) is 34.6 Å². The van der Waals surface area contributed by atoms with Crippen molar-refractivity contribution < 1.29 is 0 Å². The molecule has 0 spiro atoms. The van der Waals surface area contributed by atoms with E-state index in [-0.39, 0.29) is 0 Å². The highest BCUT2D eigenvalue weighted by molar-refractivity contribution is 7.11. The van der Waals surface area contributed by atoms with Crippen molar-refractivity contribution in [3.63, 3.8) is 0 Å². The Balaban J connectivity index is 1.95. The minimum Gasteiger partial charge on any atom is -0.278 e. The molecule has 3 aromatic rings. The average molecular weight is 281 g/mol. The second-order valence-electron chi connectivity index (χ2n) is 4.72. The van der Waals surface area contributed by atoms with Gasteiger partial charge < -0.3 is 0 Å². The quantitative estimate of drug-likeness (QED) is 0.572. The molecule has 0 aliphatic rings. The van der Waals surface area contributed by atoms with Crippen LogP contribution in [0.25, 0.3) is 10.9 Å². The number of hydrogen-bond acceptors (Lipinski definition) is 4. The van der Waals surface area contributed by atoms with E-state index in [4.69, 9.17) is 0 Å². The first-order chi connectivity index (χ1) is 9.72. The molecule has 3 rings (SSSR count). The number of pyridine rings is 1. The number of thiophene rings is 1.